The van der Waals surface area contributed by atoms with Crippen molar-refractivity contribution >= 4 is 5.91 Å². The van der Waals surface area contributed by atoms with Crippen LogP contribution >= 0.6 is 0 Å². The second-order valence-corrected chi connectivity index (χ2v) is 8.81. The third-order valence-electron chi connectivity index (χ3n) is 5.88. The van der Waals surface area contributed by atoms with E-state index in [1.807, 2.05) is 17.0 Å². The number of hydrogen-bond acceptors (Lipinski definition) is 3. The Morgan fingerprint density at radius 2 is 2.08 bits per heavy atom. The highest BCUT2D eigenvalue weighted by Gasteiger charge is 2.38. The lowest BCUT2D eigenvalue weighted by Gasteiger charge is -2.44. The van der Waals surface area contributed by atoms with Crippen molar-refractivity contribution in [2.45, 2.75) is 79.4 Å². The average molecular weight is 364 g/mol. The van der Waals surface area contributed by atoms with Crippen molar-refractivity contribution in [3.8, 4) is 0 Å². The van der Waals surface area contributed by atoms with Crippen molar-refractivity contribution in [2.24, 2.45) is 17.3 Å². The van der Waals surface area contributed by atoms with Gasteiger partial charge in [-0.3, -0.25) is 4.79 Å². The molecule has 0 aliphatic carbocycles. The van der Waals surface area contributed by atoms with Crippen LogP contribution < -0.4 is 0 Å². The number of ether oxygens (including phenoxy) is 1. The summed E-state index contributed by atoms with van der Waals surface area (Å²) >= 11 is 0. The molecule has 1 aromatic heterocycles. The molecule has 148 valence electrons. The maximum Gasteiger partial charge on any atom is 0.219 e. The molecule has 0 aromatic carbocycles. The Balaban J connectivity index is 2.05. The molecule has 0 radical (unpaired) electrons. The smallest absolute Gasteiger partial charge is 0.219 e. The van der Waals surface area contributed by atoms with Gasteiger partial charge >= 0.3 is 0 Å². The minimum Gasteiger partial charge on any atom is -0.467 e. The second-order valence-electron chi connectivity index (χ2n) is 8.81. The fourth-order valence-corrected chi connectivity index (χ4v) is 3.93. The SMILES string of the molecule is CC(=O)N(CC[C@]1(CCC(C)C)CCO[C@@H](C(C)C)C1)Cc1ccco1. The molecule has 2 heterocycles. The highest BCUT2D eigenvalue weighted by atomic mass is 16.5. The second kappa shape index (κ2) is 9.59. The lowest BCUT2D eigenvalue weighted by Crippen LogP contribution is -2.41. The normalized spacial score (nSPS) is 23.6. The molecule has 4 nitrogen and oxygen atoms in total. The van der Waals surface area contributed by atoms with Crippen LogP contribution in [0.2, 0.25) is 0 Å². The predicted octanol–water partition coefficient (Wildman–Crippen LogP) is 5.28. The Morgan fingerprint density at radius 3 is 2.65 bits per heavy atom. The molecule has 0 saturated carbocycles. The number of amides is 1. The van der Waals surface area contributed by atoms with Crippen LogP contribution in [0.15, 0.2) is 22.8 Å². The number of nitrogens with zero attached hydrogens (tertiary/aromatic N) is 1. The Hall–Kier alpha value is -1.29. The number of rotatable bonds is 9. The van der Waals surface area contributed by atoms with Crippen LogP contribution in [0.4, 0.5) is 0 Å². The quantitative estimate of drug-likeness (QED) is 0.600. The van der Waals surface area contributed by atoms with Crippen LogP contribution in [-0.2, 0) is 16.1 Å². The van der Waals surface area contributed by atoms with Gasteiger partial charge in [0.2, 0.25) is 5.91 Å². The summed E-state index contributed by atoms with van der Waals surface area (Å²) in [5.41, 5.74) is 0.286. The van der Waals surface area contributed by atoms with Crippen LogP contribution in [0.25, 0.3) is 0 Å². The number of carbonyl (C=O) groups is 1. The van der Waals surface area contributed by atoms with Crippen molar-refractivity contribution in [1.29, 1.82) is 0 Å². The van der Waals surface area contributed by atoms with Crippen molar-refractivity contribution in [1.82, 2.24) is 4.90 Å². The molecule has 1 amide bonds. The summed E-state index contributed by atoms with van der Waals surface area (Å²) in [6.07, 6.45) is 7.74. The molecule has 1 aliphatic rings. The standard InChI is InChI=1S/C22H37NO3/c1-17(2)8-9-22(11-14-26-21(15-22)18(3)4)10-12-23(19(5)24)16-20-7-6-13-25-20/h6-7,13,17-18,21H,8-12,14-16H2,1-5H3/t21-,22-/m1/s1. The van der Waals surface area contributed by atoms with E-state index in [0.717, 1.165) is 38.2 Å². The highest BCUT2D eigenvalue weighted by molar-refractivity contribution is 5.73. The van der Waals surface area contributed by atoms with Crippen LogP contribution in [0.5, 0.6) is 0 Å². The van der Waals surface area contributed by atoms with E-state index in [1.54, 1.807) is 13.2 Å². The number of carbonyl (C=O) groups excluding carboxylic acids is 1. The van der Waals surface area contributed by atoms with Crippen molar-refractivity contribution in [3.05, 3.63) is 24.2 Å². The molecule has 0 unspecified atom stereocenters. The molecule has 1 aliphatic heterocycles. The van der Waals surface area contributed by atoms with Gasteiger partial charge in [-0.05, 0) is 55.1 Å². The summed E-state index contributed by atoms with van der Waals surface area (Å²) in [5.74, 6) is 2.22. The van der Waals surface area contributed by atoms with Crippen molar-refractivity contribution in [3.63, 3.8) is 0 Å². The molecule has 0 spiro atoms. The Labute approximate surface area is 159 Å². The third kappa shape index (κ3) is 6.15. The fourth-order valence-electron chi connectivity index (χ4n) is 3.93. The number of hydrogen-bond donors (Lipinski definition) is 0. The van der Waals surface area contributed by atoms with Gasteiger partial charge in [-0.25, -0.2) is 0 Å². The molecule has 2 atom stereocenters. The lowest BCUT2D eigenvalue weighted by molar-refractivity contribution is -0.131. The van der Waals surface area contributed by atoms with Crippen molar-refractivity contribution in [2.75, 3.05) is 13.2 Å². The Bertz CT molecular complexity index is 538. The van der Waals surface area contributed by atoms with E-state index >= 15 is 0 Å². The fraction of sp³-hybridized carbons (Fsp3) is 0.773. The molecule has 1 aromatic rings. The number of furan rings is 1. The Morgan fingerprint density at radius 1 is 1.31 bits per heavy atom. The zero-order valence-corrected chi connectivity index (χ0v) is 17.3. The van der Waals surface area contributed by atoms with E-state index in [-0.39, 0.29) is 11.3 Å². The van der Waals surface area contributed by atoms with E-state index in [9.17, 15) is 4.79 Å². The van der Waals surface area contributed by atoms with E-state index in [4.69, 9.17) is 9.15 Å². The Kier molecular flexibility index (Phi) is 7.75. The first kappa shape index (κ1) is 21.0. The minimum atomic E-state index is 0.118. The average Bonchev–Trinajstić information content (AvgIpc) is 3.10. The monoisotopic (exact) mass is 363 g/mol. The van der Waals surface area contributed by atoms with E-state index in [0.29, 0.717) is 24.5 Å². The molecular weight excluding hydrogens is 326 g/mol. The molecule has 1 fully saturated rings. The molecule has 4 heteroatoms. The van der Waals surface area contributed by atoms with E-state index < -0.39 is 0 Å². The summed E-state index contributed by atoms with van der Waals surface area (Å²) in [5, 5.41) is 0. The molecular formula is C22H37NO3. The van der Waals surface area contributed by atoms with Gasteiger partial charge in [0.15, 0.2) is 0 Å². The van der Waals surface area contributed by atoms with Gasteiger partial charge in [0.1, 0.15) is 5.76 Å². The summed E-state index contributed by atoms with van der Waals surface area (Å²) in [6, 6.07) is 3.82. The largest absolute Gasteiger partial charge is 0.467 e. The molecule has 0 bridgehead atoms. The summed E-state index contributed by atoms with van der Waals surface area (Å²) in [6.45, 7) is 13.0. The van der Waals surface area contributed by atoms with E-state index in [1.165, 1.54) is 12.8 Å². The summed E-state index contributed by atoms with van der Waals surface area (Å²) < 4.78 is 11.5. The maximum atomic E-state index is 12.1. The maximum absolute atomic E-state index is 12.1. The first-order chi connectivity index (χ1) is 12.3. The van der Waals surface area contributed by atoms with Gasteiger partial charge in [-0.15, -0.1) is 0 Å². The van der Waals surface area contributed by atoms with Gasteiger partial charge in [0, 0.05) is 20.1 Å². The first-order valence-electron chi connectivity index (χ1n) is 10.2. The summed E-state index contributed by atoms with van der Waals surface area (Å²) in [7, 11) is 0. The molecule has 2 rings (SSSR count). The molecule has 0 N–H and O–H groups in total. The van der Waals surface area contributed by atoms with Crippen LogP contribution in [0, 0.1) is 17.3 Å². The van der Waals surface area contributed by atoms with Crippen LogP contribution in [0.1, 0.15) is 72.5 Å². The third-order valence-corrected chi connectivity index (χ3v) is 5.88. The van der Waals surface area contributed by atoms with Gasteiger partial charge in [0.25, 0.3) is 0 Å². The summed E-state index contributed by atoms with van der Waals surface area (Å²) in [4.78, 5) is 14.1. The molecule has 1 saturated heterocycles. The van der Waals surface area contributed by atoms with Gasteiger partial charge < -0.3 is 14.1 Å². The van der Waals surface area contributed by atoms with E-state index in [2.05, 4.69) is 27.7 Å². The zero-order valence-electron chi connectivity index (χ0n) is 17.3. The predicted molar refractivity (Wildman–Crippen MR) is 105 cm³/mol. The van der Waals surface area contributed by atoms with Crippen LogP contribution in [0.3, 0.4) is 0 Å². The molecule has 26 heavy (non-hydrogen) atoms. The first-order valence-corrected chi connectivity index (χ1v) is 10.2. The van der Waals surface area contributed by atoms with Crippen LogP contribution in [-0.4, -0.2) is 30.1 Å². The van der Waals surface area contributed by atoms with Crippen molar-refractivity contribution < 1.29 is 13.9 Å². The highest BCUT2D eigenvalue weighted by Crippen LogP contribution is 2.43. The topological polar surface area (TPSA) is 42.7 Å². The lowest BCUT2D eigenvalue weighted by atomic mass is 9.69. The van der Waals surface area contributed by atoms with Gasteiger partial charge in [-0.2, -0.15) is 0 Å². The van der Waals surface area contributed by atoms with Gasteiger partial charge in [0.05, 0.1) is 18.9 Å². The zero-order chi connectivity index (χ0) is 19.2. The minimum absolute atomic E-state index is 0.118. The van der Waals surface area contributed by atoms with Gasteiger partial charge in [-0.1, -0.05) is 34.1 Å².